The Morgan fingerprint density at radius 2 is 1.96 bits per heavy atom. The molecule has 6 nitrogen and oxygen atoms in total. The number of ether oxygens (including phenoxy) is 1. The number of nitro groups is 1. The quantitative estimate of drug-likeness (QED) is 0.692. The molecule has 0 aromatic heterocycles. The topological polar surface area (TPSA) is 89.7 Å². The third-order valence-electron chi connectivity index (χ3n) is 4.13. The smallest absolute Gasteiger partial charge is 0.335 e. The second-order valence-corrected chi connectivity index (χ2v) is 5.67. The minimum atomic E-state index is -0.992. The molecule has 0 saturated carbocycles. The molecule has 0 fully saturated rings. The molecule has 0 amide bonds. The van der Waals surface area contributed by atoms with E-state index >= 15 is 0 Å². The van der Waals surface area contributed by atoms with Crippen LogP contribution in [0.25, 0.3) is 0 Å². The fourth-order valence-electron chi connectivity index (χ4n) is 2.99. The molecule has 0 spiro atoms. The number of hydrogen-bond acceptors (Lipinski definition) is 4. The minimum Gasteiger partial charge on any atom is -0.493 e. The maximum absolute atomic E-state index is 11.2. The summed E-state index contributed by atoms with van der Waals surface area (Å²) in [5, 5.41) is 20.0. The van der Waals surface area contributed by atoms with Crippen LogP contribution in [-0.2, 0) is 0 Å². The van der Waals surface area contributed by atoms with Crippen molar-refractivity contribution in [3.8, 4) is 5.75 Å². The maximum atomic E-state index is 11.2. The number of aromatic carboxylic acids is 1. The molecule has 2 unspecified atom stereocenters. The first-order valence-corrected chi connectivity index (χ1v) is 7.21. The highest BCUT2D eigenvalue weighted by atomic mass is 16.6. The van der Waals surface area contributed by atoms with Crippen molar-refractivity contribution in [1.82, 2.24) is 0 Å². The lowest BCUT2D eigenvalue weighted by atomic mass is 9.79. The summed E-state index contributed by atoms with van der Waals surface area (Å²) in [5.41, 5.74) is 1.95. The Hall–Kier alpha value is -2.89. The largest absolute Gasteiger partial charge is 0.493 e. The first-order chi connectivity index (χ1) is 11.0. The summed E-state index contributed by atoms with van der Waals surface area (Å²) in [4.78, 5) is 21.6. The van der Waals surface area contributed by atoms with Crippen molar-refractivity contribution >= 4 is 11.7 Å². The molecule has 0 bridgehead atoms. The molecule has 0 saturated heterocycles. The third-order valence-corrected chi connectivity index (χ3v) is 4.13. The van der Waals surface area contributed by atoms with E-state index in [1.165, 1.54) is 18.2 Å². The summed E-state index contributed by atoms with van der Waals surface area (Å²) in [7, 11) is 0. The lowest BCUT2D eigenvalue weighted by Crippen LogP contribution is -2.25. The van der Waals surface area contributed by atoms with Crippen LogP contribution in [0.2, 0.25) is 0 Å². The summed E-state index contributed by atoms with van der Waals surface area (Å²) >= 11 is 0. The van der Waals surface area contributed by atoms with Crippen molar-refractivity contribution in [2.45, 2.75) is 12.8 Å². The lowest BCUT2D eigenvalue weighted by molar-refractivity contribution is -0.384. The molecule has 3 rings (SSSR count). The zero-order chi connectivity index (χ0) is 16.6. The van der Waals surface area contributed by atoms with Gasteiger partial charge in [-0.2, -0.15) is 0 Å². The van der Waals surface area contributed by atoms with Crippen LogP contribution in [0.1, 0.15) is 34.3 Å². The van der Waals surface area contributed by atoms with Gasteiger partial charge in [-0.1, -0.05) is 19.1 Å². The third kappa shape index (κ3) is 2.75. The molecule has 1 aliphatic heterocycles. The van der Waals surface area contributed by atoms with Crippen LogP contribution in [0.4, 0.5) is 5.69 Å². The van der Waals surface area contributed by atoms with Gasteiger partial charge < -0.3 is 9.84 Å². The van der Waals surface area contributed by atoms with Gasteiger partial charge in [0.1, 0.15) is 5.75 Å². The standard InChI is InChI=1S/C17H15NO5/c1-10-9-23-15-7-4-12(17(19)20)8-14(15)16(10)11-2-5-13(6-3-11)18(21)22/h2-8,10,16H,9H2,1H3,(H,19,20). The molecule has 0 aliphatic carbocycles. The Bertz CT molecular complexity index is 769. The molecular formula is C17H15NO5. The van der Waals surface area contributed by atoms with Crippen LogP contribution in [0, 0.1) is 16.0 Å². The number of benzene rings is 2. The van der Waals surface area contributed by atoms with E-state index < -0.39 is 10.9 Å². The zero-order valence-corrected chi connectivity index (χ0v) is 12.4. The van der Waals surface area contributed by atoms with Gasteiger partial charge in [-0.3, -0.25) is 10.1 Å². The fraction of sp³-hybridized carbons (Fsp3) is 0.235. The fourth-order valence-corrected chi connectivity index (χ4v) is 2.99. The second-order valence-electron chi connectivity index (χ2n) is 5.67. The van der Waals surface area contributed by atoms with Crippen LogP contribution in [0.5, 0.6) is 5.75 Å². The number of non-ortho nitro benzene ring substituents is 1. The summed E-state index contributed by atoms with van der Waals surface area (Å²) in [5.74, 6) is -0.253. The molecule has 2 aromatic rings. The van der Waals surface area contributed by atoms with Gasteiger partial charge in [0.05, 0.1) is 17.1 Å². The van der Waals surface area contributed by atoms with E-state index in [0.717, 1.165) is 11.1 Å². The van der Waals surface area contributed by atoms with Gasteiger partial charge in [-0.15, -0.1) is 0 Å². The lowest BCUT2D eigenvalue weighted by Gasteiger charge is -2.32. The van der Waals surface area contributed by atoms with Crippen LogP contribution in [0.3, 0.4) is 0 Å². The van der Waals surface area contributed by atoms with Gasteiger partial charge in [0.2, 0.25) is 0 Å². The van der Waals surface area contributed by atoms with E-state index in [0.29, 0.717) is 12.4 Å². The van der Waals surface area contributed by atoms with E-state index in [1.54, 1.807) is 24.3 Å². The summed E-state index contributed by atoms with van der Waals surface area (Å²) in [6, 6.07) is 11.2. The Morgan fingerprint density at radius 1 is 1.26 bits per heavy atom. The number of carboxylic acids is 1. The molecule has 6 heteroatoms. The maximum Gasteiger partial charge on any atom is 0.335 e. The molecule has 0 radical (unpaired) electrons. The number of rotatable bonds is 3. The predicted molar refractivity (Wildman–Crippen MR) is 83.0 cm³/mol. The molecular weight excluding hydrogens is 298 g/mol. The van der Waals surface area contributed by atoms with Crippen molar-refractivity contribution in [1.29, 1.82) is 0 Å². The Morgan fingerprint density at radius 3 is 2.57 bits per heavy atom. The van der Waals surface area contributed by atoms with Crippen LogP contribution < -0.4 is 4.74 Å². The average Bonchev–Trinajstić information content (AvgIpc) is 2.54. The van der Waals surface area contributed by atoms with E-state index in [1.807, 2.05) is 6.92 Å². The molecule has 118 valence electrons. The monoisotopic (exact) mass is 313 g/mol. The van der Waals surface area contributed by atoms with Crippen molar-refractivity contribution in [2.75, 3.05) is 6.61 Å². The molecule has 1 heterocycles. The van der Waals surface area contributed by atoms with Gasteiger partial charge in [-0.05, 0) is 23.8 Å². The van der Waals surface area contributed by atoms with E-state index in [-0.39, 0.29) is 23.1 Å². The van der Waals surface area contributed by atoms with Crippen molar-refractivity contribution in [3.63, 3.8) is 0 Å². The van der Waals surface area contributed by atoms with Gasteiger partial charge in [0.15, 0.2) is 0 Å². The van der Waals surface area contributed by atoms with Crippen LogP contribution in [-0.4, -0.2) is 22.6 Å². The number of nitrogens with zero attached hydrogens (tertiary/aromatic N) is 1. The zero-order valence-electron chi connectivity index (χ0n) is 12.4. The van der Waals surface area contributed by atoms with Gasteiger partial charge in [0.25, 0.3) is 5.69 Å². The van der Waals surface area contributed by atoms with Gasteiger partial charge in [-0.25, -0.2) is 4.79 Å². The molecule has 1 N–H and O–H groups in total. The van der Waals surface area contributed by atoms with E-state index in [4.69, 9.17) is 4.74 Å². The van der Waals surface area contributed by atoms with Crippen molar-refractivity contribution in [2.24, 2.45) is 5.92 Å². The van der Waals surface area contributed by atoms with Gasteiger partial charge in [0, 0.05) is 29.5 Å². The highest BCUT2D eigenvalue weighted by Crippen LogP contribution is 2.42. The molecule has 2 aromatic carbocycles. The number of carbonyl (C=O) groups is 1. The van der Waals surface area contributed by atoms with E-state index in [2.05, 4.69) is 0 Å². The first-order valence-electron chi connectivity index (χ1n) is 7.21. The Labute approximate surface area is 132 Å². The van der Waals surface area contributed by atoms with Gasteiger partial charge >= 0.3 is 5.97 Å². The number of nitro benzene ring substituents is 1. The summed E-state index contributed by atoms with van der Waals surface area (Å²) < 4.78 is 5.68. The second kappa shape index (κ2) is 5.72. The summed E-state index contributed by atoms with van der Waals surface area (Å²) in [6.07, 6.45) is 0. The van der Waals surface area contributed by atoms with Crippen LogP contribution >= 0.6 is 0 Å². The first kappa shape index (κ1) is 15.0. The Kier molecular flexibility index (Phi) is 3.73. The van der Waals surface area contributed by atoms with Crippen LogP contribution in [0.15, 0.2) is 42.5 Å². The van der Waals surface area contributed by atoms with E-state index in [9.17, 15) is 20.0 Å². The predicted octanol–water partition coefficient (Wildman–Crippen LogP) is 3.45. The summed E-state index contributed by atoms with van der Waals surface area (Å²) in [6.45, 7) is 2.53. The SMILES string of the molecule is CC1COc2ccc(C(=O)O)cc2C1c1ccc([N+](=O)[O-])cc1. The normalized spacial score (nSPS) is 19.5. The highest BCUT2D eigenvalue weighted by Gasteiger charge is 2.30. The average molecular weight is 313 g/mol. The Balaban J connectivity index is 2.07. The number of carboxylic acid groups (broad SMARTS) is 1. The number of fused-ring (bicyclic) bond motifs is 1. The van der Waals surface area contributed by atoms with Crippen molar-refractivity contribution in [3.05, 3.63) is 69.3 Å². The molecule has 2 atom stereocenters. The molecule has 1 aliphatic rings. The minimum absolute atomic E-state index is 0.0352. The highest BCUT2D eigenvalue weighted by molar-refractivity contribution is 5.88. The molecule has 23 heavy (non-hydrogen) atoms. The van der Waals surface area contributed by atoms with Crippen molar-refractivity contribution < 1.29 is 19.6 Å². The number of hydrogen-bond donors (Lipinski definition) is 1.